The largest absolute Gasteiger partial charge is 0.385 e. The quantitative estimate of drug-likeness (QED) is 0.425. The molecule has 3 amide bonds. The molecule has 7 nitrogen and oxygen atoms in total. The summed E-state index contributed by atoms with van der Waals surface area (Å²) in [4.78, 5) is 41.6. The molecule has 172 valence electrons. The number of nitrogens with one attached hydrogen (secondary N) is 1. The van der Waals surface area contributed by atoms with Gasteiger partial charge in [0.05, 0.1) is 11.1 Å². The van der Waals surface area contributed by atoms with Gasteiger partial charge in [-0.15, -0.1) is 0 Å². The Morgan fingerprint density at radius 1 is 0.971 bits per heavy atom. The molecular formula is C27H25N3O4. The van der Waals surface area contributed by atoms with E-state index in [4.69, 9.17) is 4.74 Å². The van der Waals surface area contributed by atoms with E-state index in [1.54, 1.807) is 19.2 Å². The van der Waals surface area contributed by atoms with Gasteiger partial charge in [-0.3, -0.25) is 19.3 Å². The molecule has 34 heavy (non-hydrogen) atoms. The number of carbonyl (C=O) groups is 3. The molecule has 1 N–H and O–H groups in total. The lowest BCUT2D eigenvalue weighted by molar-refractivity contribution is 0.0638. The molecule has 2 aliphatic rings. The molecule has 0 saturated heterocycles. The lowest BCUT2D eigenvalue weighted by atomic mass is 10.1. The molecule has 2 aliphatic heterocycles. The van der Waals surface area contributed by atoms with Crippen molar-refractivity contribution in [1.29, 1.82) is 0 Å². The lowest BCUT2D eigenvalue weighted by Gasteiger charge is -2.20. The summed E-state index contributed by atoms with van der Waals surface area (Å²) in [5.41, 5.74) is 5.20. The molecule has 0 radical (unpaired) electrons. The molecule has 3 aromatic carbocycles. The maximum absolute atomic E-state index is 12.9. The number of carbonyl (C=O) groups excluding carboxylic acids is 3. The molecule has 5 rings (SSSR count). The van der Waals surface area contributed by atoms with Gasteiger partial charge in [0.25, 0.3) is 17.7 Å². The fourth-order valence-electron chi connectivity index (χ4n) is 4.54. The van der Waals surface area contributed by atoms with Crippen LogP contribution in [0.5, 0.6) is 0 Å². The van der Waals surface area contributed by atoms with Crippen molar-refractivity contribution in [2.24, 2.45) is 0 Å². The Bertz CT molecular complexity index is 1270. The van der Waals surface area contributed by atoms with Gasteiger partial charge < -0.3 is 15.0 Å². The number of ether oxygens (including phenoxy) is 1. The van der Waals surface area contributed by atoms with Gasteiger partial charge in [-0.1, -0.05) is 18.2 Å². The van der Waals surface area contributed by atoms with Gasteiger partial charge in [-0.2, -0.15) is 0 Å². The number of fused-ring (bicyclic) bond motifs is 2. The number of anilines is 3. The third-order valence-corrected chi connectivity index (χ3v) is 6.29. The highest BCUT2D eigenvalue weighted by Gasteiger charge is 2.35. The van der Waals surface area contributed by atoms with Gasteiger partial charge in [0.1, 0.15) is 0 Å². The third-order valence-electron chi connectivity index (χ3n) is 6.29. The fourth-order valence-corrected chi connectivity index (χ4v) is 4.54. The Hall–Kier alpha value is -3.97. The van der Waals surface area contributed by atoms with E-state index in [0.717, 1.165) is 18.7 Å². The van der Waals surface area contributed by atoms with E-state index in [1.807, 2.05) is 30.3 Å². The molecule has 0 saturated carbocycles. The zero-order valence-electron chi connectivity index (χ0n) is 18.9. The number of hydrogen-bond acceptors (Lipinski definition) is 5. The van der Waals surface area contributed by atoms with E-state index in [0.29, 0.717) is 29.8 Å². The first kappa shape index (κ1) is 21.9. The minimum atomic E-state index is -0.374. The SMILES string of the molecule is COCCCN1C(=O)c2ccc(C(=O)Nc3ccc(N4CCc5ccccc54)cc3)cc2C1=O. The number of rotatable bonds is 7. The van der Waals surface area contributed by atoms with Crippen molar-refractivity contribution in [3.8, 4) is 0 Å². The predicted octanol–water partition coefficient (Wildman–Crippen LogP) is 4.27. The van der Waals surface area contributed by atoms with Gasteiger partial charge in [0, 0.05) is 49.4 Å². The smallest absolute Gasteiger partial charge is 0.261 e. The van der Waals surface area contributed by atoms with Crippen molar-refractivity contribution < 1.29 is 19.1 Å². The topological polar surface area (TPSA) is 79.0 Å². The van der Waals surface area contributed by atoms with Crippen molar-refractivity contribution in [1.82, 2.24) is 4.90 Å². The number of hydrogen-bond donors (Lipinski definition) is 1. The summed E-state index contributed by atoms with van der Waals surface area (Å²) < 4.78 is 5.00. The van der Waals surface area contributed by atoms with Crippen molar-refractivity contribution in [3.05, 3.63) is 89.0 Å². The van der Waals surface area contributed by atoms with Gasteiger partial charge in [0.15, 0.2) is 0 Å². The summed E-state index contributed by atoms with van der Waals surface area (Å²) in [5, 5.41) is 2.88. The second kappa shape index (κ2) is 9.11. The summed E-state index contributed by atoms with van der Waals surface area (Å²) >= 11 is 0. The Balaban J connectivity index is 1.28. The minimum Gasteiger partial charge on any atom is -0.385 e. The standard InChI is InChI=1S/C27H25N3O4/c1-34-16-4-14-30-26(32)22-12-7-19(17-23(22)27(30)33)25(31)28-20-8-10-21(11-9-20)29-15-13-18-5-2-3-6-24(18)29/h2-3,5-12,17H,4,13-16H2,1H3,(H,28,31). The Labute approximate surface area is 197 Å². The summed E-state index contributed by atoms with van der Waals surface area (Å²) in [5.74, 6) is -1.04. The summed E-state index contributed by atoms with van der Waals surface area (Å²) in [6.07, 6.45) is 1.58. The first-order chi connectivity index (χ1) is 16.6. The van der Waals surface area contributed by atoms with Crippen LogP contribution in [0.2, 0.25) is 0 Å². The number of imide groups is 1. The van der Waals surface area contributed by atoms with Crippen LogP contribution in [0.25, 0.3) is 0 Å². The number of nitrogens with zero attached hydrogens (tertiary/aromatic N) is 2. The molecule has 3 aromatic rings. The average Bonchev–Trinajstić information content (AvgIpc) is 3.39. The van der Waals surface area contributed by atoms with E-state index >= 15 is 0 Å². The lowest BCUT2D eigenvalue weighted by Crippen LogP contribution is -2.31. The van der Waals surface area contributed by atoms with Crippen LogP contribution < -0.4 is 10.2 Å². The van der Waals surface area contributed by atoms with E-state index in [9.17, 15) is 14.4 Å². The number of para-hydroxylation sites is 1. The summed E-state index contributed by atoms with van der Waals surface area (Å²) in [7, 11) is 1.58. The van der Waals surface area contributed by atoms with Crippen LogP contribution in [0.4, 0.5) is 17.1 Å². The van der Waals surface area contributed by atoms with Gasteiger partial charge in [0.2, 0.25) is 0 Å². The van der Waals surface area contributed by atoms with Crippen molar-refractivity contribution >= 4 is 34.8 Å². The Morgan fingerprint density at radius 3 is 2.53 bits per heavy atom. The molecule has 0 atom stereocenters. The van der Waals surface area contributed by atoms with E-state index in [-0.39, 0.29) is 29.8 Å². The maximum Gasteiger partial charge on any atom is 0.261 e. The first-order valence-corrected chi connectivity index (χ1v) is 11.3. The molecule has 0 aromatic heterocycles. The van der Waals surface area contributed by atoms with Gasteiger partial charge in [-0.25, -0.2) is 0 Å². The summed E-state index contributed by atoms with van der Waals surface area (Å²) in [6, 6.07) is 20.7. The van der Waals surface area contributed by atoms with Crippen LogP contribution in [0.1, 0.15) is 43.1 Å². The molecular weight excluding hydrogens is 430 g/mol. The highest BCUT2D eigenvalue weighted by Crippen LogP contribution is 2.34. The number of amides is 3. The van der Waals surface area contributed by atoms with E-state index in [1.165, 1.54) is 22.2 Å². The molecule has 0 bridgehead atoms. The third kappa shape index (κ3) is 3.95. The van der Waals surface area contributed by atoms with Crippen molar-refractivity contribution in [2.75, 3.05) is 37.0 Å². The molecule has 2 heterocycles. The second-order valence-electron chi connectivity index (χ2n) is 8.40. The normalized spacial score (nSPS) is 14.4. The van der Waals surface area contributed by atoms with Crippen LogP contribution in [-0.2, 0) is 11.2 Å². The van der Waals surface area contributed by atoms with Gasteiger partial charge in [-0.05, 0) is 66.9 Å². The highest BCUT2D eigenvalue weighted by atomic mass is 16.5. The molecule has 7 heteroatoms. The van der Waals surface area contributed by atoms with Crippen LogP contribution in [0.15, 0.2) is 66.7 Å². The predicted molar refractivity (Wildman–Crippen MR) is 130 cm³/mol. The molecule has 0 aliphatic carbocycles. The first-order valence-electron chi connectivity index (χ1n) is 11.3. The monoisotopic (exact) mass is 455 g/mol. The van der Waals surface area contributed by atoms with Gasteiger partial charge >= 0.3 is 0 Å². The van der Waals surface area contributed by atoms with Crippen LogP contribution in [0.3, 0.4) is 0 Å². The zero-order chi connectivity index (χ0) is 23.7. The van der Waals surface area contributed by atoms with E-state index in [2.05, 4.69) is 28.4 Å². The molecule has 0 unspecified atom stereocenters. The fraction of sp³-hybridized carbons (Fsp3) is 0.222. The number of methoxy groups -OCH3 is 1. The Kier molecular flexibility index (Phi) is 5.86. The Morgan fingerprint density at radius 2 is 1.74 bits per heavy atom. The maximum atomic E-state index is 12.9. The number of benzene rings is 3. The highest BCUT2D eigenvalue weighted by molar-refractivity contribution is 6.22. The van der Waals surface area contributed by atoms with Crippen molar-refractivity contribution in [2.45, 2.75) is 12.8 Å². The zero-order valence-corrected chi connectivity index (χ0v) is 18.9. The van der Waals surface area contributed by atoms with Crippen molar-refractivity contribution in [3.63, 3.8) is 0 Å². The van der Waals surface area contributed by atoms with E-state index < -0.39 is 0 Å². The van der Waals surface area contributed by atoms with Crippen LogP contribution in [0, 0.1) is 0 Å². The minimum absolute atomic E-state index is 0.262. The summed E-state index contributed by atoms with van der Waals surface area (Å²) in [6.45, 7) is 1.68. The molecule has 0 fully saturated rings. The van der Waals surface area contributed by atoms with Crippen LogP contribution in [-0.4, -0.2) is 49.4 Å². The second-order valence-corrected chi connectivity index (χ2v) is 8.40. The molecule has 0 spiro atoms. The van der Waals surface area contributed by atoms with Crippen LogP contribution >= 0.6 is 0 Å². The average molecular weight is 456 g/mol.